The molecule has 1 aliphatic heterocycles. The van der Waals surface area contributed by atoms with E-state index in [9.17, 15) is 4.79 Å². The first-order chi connectivity index (χ1) is 12.6. The molecule has 3 aromatic heterocycles. The number of carbonyl (C=O) groups excluding carboxylic acids is 1. The Hall–Kier alpha value is -2.41. The summed E-state index contributed by atoms with van der Waals surface area (Å²) in [4.78, 5) is 26.0. The molecule has 136 valence electrons. The van der Waals surface area contributed by atoms with E-state index in [-0.39, 0.29) is 11.8 Å². The van der Waals surface area contributed by atoms with Crippen molar-refractivity contribution in [3.8, 4) is 0 Å². The lowest BCUT2D eigenvalue weighted by atomic mass is 9.95. The van der Waals surface area contributed by atoms with Gasteiger partial charge >= 0.3 is 0 Å². The zero-order valence-electron chi connectivity index (χ0n) is 15.0. The number of aryl methyl sites for hydroxylation is 2. The molecule has 7 heteroatoms. The van der Waals surface area contributed by atoms with Crippen molar-refractivity contribution in [2.24, 2.45) is 5.92 Å². The molecule has 3 aromatic rings. The molecule has 0 atom stereocenters. The number of nitrogens with one attached hydrogen (secondary N) is 1. The molecule has 4 heterocycles. The fourth-order valence-corrected chi connectivity index (χ4v) is 4.48. The molecule has 26 heavy (non-hydrogen) atoms. The van der Waals surface area contributed by atoms with E-state index in [1.165, 1.54) is 10.4 Å². The Balaban J connectivity index is 1.41. The maximum atomic E-state index is 12.4. The number of piperidine rings is 1. The first-order valence-electron chi connectivity index (χ1n) is 8.89. The molecule has 4 rings (SSSR count). The third-order valence-corrected chi connectivity index (χ3v) is 6.24. The molecule has 1 aliphatic rings. The third-order valence-electron chi connectivity index (χ3n) is 5.13. The first kappa shape index (κ1) is 17.0. The van der Waals surface area contributed by atoms with Crippen LogP contribution in [0.4, 0.5) is 5.82 Å². The van der Waals surface area contributed by atoms with Gasteiger partial charge in [0.05, 0.1) is 18.2 Å². The standard InChI is InChI=1S/C19H22N4O2S/c1-12-13(2)26-19-16(12)17(21-11-22-19)23-7-5-14(6-8-23)18(24)20-10-15-4-3-9-25-15/h3-4,9,11,14H,5-8,10H2,1-2H3,(H,20,24). The van der Waals surface area contributed by atoms with Gasteiger partial charge in [0.2, 0.25) is 5.91 Å². The smallest absolute Gasteiger partial charge is 0.223 e. The predicted molar refractivity (Wildman–Crippen MR) is 102 cm³/mol. The zero-order chi connectivity index (χ0) is 18.1. The van der Waals surface area contributed by atoms with Crippen LogP contribution >= 0.6 is 11.3 Å². The van der Waals surface area contributed by atoms with Gasteiger partial charge in [0.1, 0.15) is 22.7 Å². The molecule has 6 nitrogen and oxygen atoms in total. The molecule has 1 amide bonds. The second-order valence-electron chi connectivity index (χ2n) is 6.72. The summed E-state index contributed by atoms with van der Waals surface area (Å²) in [6, 6.07) is 3.70. The van der Waals surface area contributed by atoms with E-state index in [4.69, 9.17) is 4.42 Å². The quantitative estimate of drug-likeness (QED) is 0.762. The molecule has 1 fully saturated rings. The van der Waals surface area contributed by atoms with Crippen LogP contribution in [-0.2, 0) is 11.3 Å². The van der Waals surface area contributed by atoms with Crippen molar-refractivity contribution in [2.75, 3.05) is 18.0 Å². The van der Waals surface area contributed by atoms with E-state index in [2.05, 4.69) is 34.0 Å². The molecular formula is C19H22N4O2S. The molecular weight excluding hydrogens is 348 g/mol. The van der Waals surface area contributed by atoms with E-state index in [0.717, 1.165) is 47.7 Å². The summed E-state index contributed by atoms with van der Waals surface area (Å²) in [6.07, 6.45) is 4.93. The Bertz CT molecular complexity index is 911. The van der Waals surface area contributed by atoms with Gasteiger partial charge in [-0.2, -0.15) is 0 Å². The largest absolute Gasteiger partial charge is 0.467 e. The molecule has 0 aromatic carbocycles. The molecule has 1 N–H and O–H groups in total. The number of nitrogens with zero attached hydrogens (tertiary/aromatic N) is 3. The minimum atomic E-state index is 0.0452. The van der Waals surface area contributed by atoms with Gasteiger partial charge in [0.15, 0.2) is 0 Å². The number of aromatic nitrogens is 2. The summed E-state index contributed by atoms with van der Waals surface area (Å²) < 4.78 is 5.26. The Morgan fingerprint density at radius 2 is 2.15 bits per heavy atom. The summed E-state index contributed by atoms with van der Waals surface area (Å²) >= 11 is 1.72. The lowest BCUT2D eigenvalue weighted by molar-refractivity contribution is -0.125. The highest BCUT2D eigenvalue weighted by atomic mass is 32.1. The second kappa shape index (κ2) is 7.07. The number of furan rings is 1. The number of rotatable bonds is 4. The molecule has 0 bridgehead atoms. The highest BCUT2D eigenvalue weighted by molar-refractivity contribution is 7.18. The highest BCUT2D eigenvalue weighted by Crippen LogP contribution is 2.35. The average Bonchev–Trinajstić information content (AvgIpc) is 3.28. The summed E-state index contributed by atoms with van der Waals surface area (Å²) in [5, 5.41) is 4.14. The van der Waals surface area contributed by atoms with Gasteiger partial charge in [0, 0.05) is 23.9 Å². The van der Waals surface area contributed by atoms with E-state index >= 15 is 0 Å². The van der Waals surface area contributed by atoms with Crippen LogP contribution in [0.5, 0.6) is 0 Å². The maximum Gasteiger partial charge on any atom is 0.223 e. The zero-order valence-corrected chi connectivity index (χ0v) is 15.8. The molecule has 0 radical (unpaired) electrons. The fourth-order valence-electron chi connectivity index (χ4n) is 3.49. The van der Waals surface area contributed by atoms with Crippen LogP contribution in [0.25, 0.3) is 10.2 Å². The molecule has 1 saturated heterocycles. The van der Waals surface area contributed by atoms with Crippen LogP contribution in [0.15, 0.2) is 29.1 Å². The first-order valence-corrected chi connectivity index (χ1v) is 9.71. The van der Waals surface area contributed by atoms with Crippen LogP contribution in [0.1, 0.15) is 29.0 Å². The van der Waals surface area contributed by atoms with Crippen molar-refractivity contribution in [3.63, 3.8) is 0 Å². The number of carbonyl (C=O) groups is 1. The van der Waals surface area contributed by atoms with Crippen molar-refractivity contribution < 1.29 is 9.21 Å². The number of hydrogen-bond acceptors (Lipinski definition) is 6. The Labute approximate surface area is 156 Å². The van der Waals surface area contributed by atoms with Crippen molar-refractivity contribution in [1.82, 2.24) is 15.3 Å². The number of anilines is 1. The lowest BCUT2D eigenvalue weighted by Crippen LogP contribution is -2.40. The van der Waals surface area contributed by atoms with Crippen molar-refractivity contribution in [1.29, 1.82) is 0 Å². The van der Waals surface area contributed by atoms with Crippen LogP contribution in [0.3, 0.4) is 0 Å². The van der Waals surface area contributed by atoms with Gasteiger partial charge < -0.3 is 14.6 Å². The second-order valence-corrected chi connectivity index (χ2v) is 7.92. The van der Waals surface area contributed by atoms with E-state index in [1.54, 1.807) is 23.9 Å². The van der Waals surface area contributed by atoms with Crippen molar-refractivity contribution in [3.05, 3.63) is 40.9 Å². The van der Waals surface area contributed by atoms with Gasteiger partial charge in [-0.1, -0.05) is 0 Å². The summed E-state index contributed by atoms with van der Waals surface area (Å²) in [6.45, 7) is 6.38. The predicted octanol–water partition coefficient (Wildman–Crippen LogP) is 3.43. The fraction of sp³-hybridized carbons (Fsp3) is 0.421. The van der Waals surface area contributed by atoms with Crippen molar-refractivity contribution >= 4 is 33.3 Å². The number of fused-ring (bicyclic) bond motifs is 1. The Morgan fingerprint density at radius 1 is 1.35 bits per heavy atom. The SMILES string of the molecule is Cc1sc2ncnc(N3CCC(C(=O)NCc4ccco4)CC3)c2c1C. The van der Waals surface area contributed by atoms with Gasteiger partial charge in [-0.15, -0.1) is 11.3 Å². The summed E-state index contributed by atoms with van der Waals surface area (Å²) in [5.74, 6) is 1.94. The topological polar surface area (TPSA) is 71.3 Å². The molecule has 0 spiro atoms. The van der Waals surface area contributed by atoms with Crippen LogP contribution in [0, 0.1) is 19.8 Å². The number of hydrogen-bond donors (Lipinski definition) is 1. The van der Waals surface area contributed by atoms with Crippen LogP contribution in [-0.4, -0.2) is 29.0 Å². The molecule has 0 unspecified atom stereocenters. The molecule has 0 aliphatic carbocycles. The Kier molecular flexibility index (Phi) is 4.63. The van der Waals surface area contributed by atoms with Gasteiger partial charge in [0.25, 0.3) is 0 Å². The van der Waals surface area contributed by atoms with Gasteiger partial charge in [-0.25, -0.2) is 9.97 Å². The summed E-state index contributed by atoms with van der Waals surface area (Å²) in [7, 11) is 0. The monoisotopic (exact) mass is 370 g/mol. The minimum absolute atomic E-state index is 0.0452. The van der Waals surface area contributed by atoms with Crippen LogP contribution < -0.4 is 10.2 Å². The number of thiophene rings is 1. The van der Waals surface area contributed by atoms with Gasteiger partial charge in [-0.3, -0.25) is 4.79 Å². The normalized spacial score (nSPS) is 15.5. The third kappa shape index (κ3) is 3.19. The summed E-state index contributed by atoms with van der Waals surface area (Å²) in [5.41, 5.74) is 1.26. The van der Waals surface area contributed by atoms with E-state index in [1.807, 2.05) is 12.1 Å². The molecule has 0 saturated carbocycles. The lowest BCUT2D eigenvalue weighted by Gasteiger charge is -2.32. The van der Waals surface area contributed by atoms with E-state index in [0.29, 0.717) is 6.54 Å². The maximum absolute atomic E-state index is 12.4. The Morgan fingerprint density at radius 3 is 2.88 bits per heavy atom. The average molecular weight is 370 g/mol. The van der Waals surface area contributed by atoms with Crippen LogP contribution in [0.2, 0.25) is 0 Å². The van der Waals surface area contributed by atoms with E-state index < -0.39 is 0 Å². The van der Waals surface area contributed by atoms with Crippen molar-refractivity contribution in [2.45, 2.75) is 33.2 Å². The highest BCUT2D eigenvalue weighted by Gasteiger charge is 2.27. The van der Waals surface area contributed by atoms with Gasteiger partial charge in [-0.05, 0) is 44.4 Å². The number of amides is 1. The minimum Gasteiger partial charge on any atom is -0.467 e.